The number of rotatable bonds is 6. The molecule has 2 aromatic carbocycles. The van der Waals surface area contributed by atoms with Crippen LogP contribution >= 0.6 is 11.3 Å². The maximum Gasteiger partial charge on any atom is 0.338 e. The van der Waals surface area contributed by atoms with Gasteiger partial charge in [-0.2, -0.15) is 0 Å². The summed E-state index contributed by atoms with van der Waals surface area (Å²) in [5.41, 5.74) is 1.81. The topological polar surface area (TPSA) is 57.7 Å². The molecule has 0 fully saturated rings. The molecule has 5 nitrogen and oxygen atoms in total. The first kappa shape index (κ1) is 17.9. The second kappa shape index (κ2) is 7.97. The van der Waals surface area contributed by atoms with Gasteiger partial charge >= 0.3 is 5.97 Å². The molecule has 0 bridgehead atoms. The SMILES string of the molecule is COc1ccc(-c2nc(COC(=O)c3ccc(F)cc3)cs2)cc1OC. The van der Waals surface area contributed by atoms with Crippen LogP contribution in [0.25, 0.3) is 10.6 Å². The highest BCUT2D eigenvalue weighted by atomic mass is 32.1. The molecule has 0 aliphatic rings. The van der Waals surface area contributed by atoms with Gasteiger partial charge in [-0.15, -0.1) is 11.3 Å². The summed E-state index contributed by atoms with van der Waals surface area (Å²) in [5, 5.41) is 2.60. The van der Waals surface area contributed by atoms with E-state index >= 15 is 0 Å². The number of benzene rings is 2. The van der Waals surface area contributed by atoms with Crippen LogP contribution in [0, 0.1) is 5.82 Å². The van der Waals surface area contributed by atoms with E-state index in [0.29, 0.717) is 22.8 Å². The molecule has 1 aromatic heterocycles. The van der Waals surface area contributed by atoms with Crippen LogP contribution in [0.3, 0.4) is 0 Å². The number of ether oxygens (including phenoxy) is 3. The van der Waals surface area contributed by atoms with Crippen molar-refractivity contribution >= 4 is 17.3 Å². The van der Waals surface area contributed by atoms with Gasteiger partial charge in [0, 0.05) is 10.9 Å². The van der Waals surface area contributed by atoms with Crippen LogP contribution < -0.4 is 9.47 Å². The summed E-state index contributed by atoms with van der Waals surface area (Å²) in [6.45, 7) is 0.0417. The zero-order chi connectivity index (χ0) is 18.5. The number of methoxy groups -OCH3 is 2. The Morgan fingerprint density at radius 1 is 1.08 bits per heavy atom. The summed E-state index contributed by atoms with van der Waals surface area (Å²) in [7, 11) is 3.15. The smallest absolute Gasteiger partial charge is 0.338 e. The van der Waals surface area contributed by atoms with Crippen molar-refractivity contribution in [1.29, 1.82) is 0 Å². The maximum absolute atomic E-state index is 12.9. The molecule has 3 rings (SSSR count). The third kappa shape index (κ3) is 4.00. The molecule has 7 heteroatoms. The zero-order valence-corrected chi connectivity index (χ0v) is 15.0. The Balaban J connectivity index is 1.68. The molecule has 26 heavy (non-hydrogen) atoms. The van der Waals surface area contributed by atoms with Crippen LogP contribution in [-0.4, -0.2) is 25.2 Å². The summed E-state index contributed by atoms with van der Waals surface area (Å²) in [4.78, 5) is 16.4. The number of nitrogens with zero attached hydrogens (tertiary/aromatic N) is 1. The highest BCUT2D eigenvalue weighted by Gasteiger charge is 2.12. The van der Waals surface area contributed by atoms with Gasteiger partial charge in [-0.3, -0.25) is 0 Å². The number of hydrogen-bond donors (Lipinski definition) is 0. The number of carbonyl (C=O) groups is 1. The number of hydrogen-bond acceptors (Lipinski definition) is 6. The molecule has 134 valence electrons. The Morgan fingerprint density at radius 2 is 1.81 bits per heavy atom. The van der Waals surface area contributed by atoms with E-state index in [1.807, 2.05) is 23.6 Å². The summed E-state index contributed by atoms with van der Waals surface area (Å²) in [5.74, 6) is 0.331. The van der Waals surface area contributed by atoms with E-state index in [2.05, 4.69) is 4.98 Å². The minimum Gasteiger partial charge on any atom is -0.493 e. The van der Waals surface area contributed by atoms with Crippen LogP contribution in [0.15, 0.2) is 47.8 Å². The van der Waals surface area contributed by atoms with E-state index in [0.717, 1.165) is 10.6 Å². The fraction of sp³-hybridized carbons (Fsp3) is 0.158. The molecule has 1 heterocycles. The van der Waals surface area contributed by atoms with Gasteiger partial charge < -0.3 is 14.2 Å². The molecule has 3 aromatic rings. The number of esters is 1. The van der Waals surface area contributed by atoms with Crippen molar-refractivity contribution in [1.82, 2.24) is 4.98 Å². The van der Waals surface area contributed by atoms with Crippen molar-refractivity contribution in [3.05, 3.63) is 64.9 Å². The van der Waals surface area contributed by atoms with Gasteiger partial charge in [0.05, 0.1) is 25.5 Å². The number of halogens is 1. The van der Waals surface area contributed by atoms with Crippen molar-refractivity contribution in [3.63, 3.8) is 0 Å². The molecular weight excluding hydrogens is 357 g/mol. The van der Waals surface area contributed by atoms with Crippen LogP contribution in [-0.2, 0) is 11.3 Å². The summed E-state index contributed by atoms with van der Waals surface area (Å²) < 4.78 is 28.6. The molecule has 0 saturated carbocycles. The molecule has 0 unspecified atom stereocenters. The van der Waals surface area contributed by atoms with Gasteiger partial charge in [0.15, 0.2) is 11.5 Å². The van der Waals surface area contributed by atoms with E-state index in [9.17, 15) is 9.18 Å². The summed E-state index contributed by atoms with van der Waals surface area (Å²) in [6, 6.07) is 10.7. The zero-order valence-electron chi connectivity index (χ0n) is 14.2. The van der Waals surface area contributed by atoms with E-state index in [4.69, 9.17) is 14.2 Å². The van der Waals surface area contributed by atoms with E-state index in [-0.39, 0.29) is 6.61 Å². The van der Waals surface area contributed by atoms with Gasteiger partial charge in [0.25, 0.3) is 0 Å². The standard InChI is InChI=1S/C19H16FNO4S/c1-23-16-8-5-13(9-17(16)24-2)18-21-15(11-26-18)10-25-19(22)12-3-6-14(20)7-4-12/h3-9,11H,10H2,1-2H3. The van der Waals surface area contributed by atoms with Gasteiger partial charge in [0.2, 0.25) is 0 Å². The predicted molar refractivity (Wildman–Crippen MR) is 96.2 cm³/mol. The van der Waals surface area contributed by atoms with Crippen LogP contribution in [0.2, 0.25) is 0 Å². The van der Waals surface area contributed by atoms with E-state index < -0.39 is 11.8 Å². The molecule has 0 radical (unpaired) electrons. The monoisotopic (exact) mass is 373 g/mol. The van der Waals surface area contributed by atoms with Crippen molar-refractivity contribution in [2.24, 2.45) is 0 Å². The van der Waals surface area contributed by atoms with Crippen LogP contribution in [0.4, 0.5) is 4.39 Å². The Bertz CT molecular complexity index is 908. The molecule has 0 spiro atoms. The highest BCUT2D eigenvalue weighted by molar-refractivity contribution is 7.13. The first-order valence-corrected chi connectivity index (χ1v) is 8.58. The average molecular weight is 373 g/mol. The number of carbonyl (C=O) groups excluding carboxylic acids is 1. The van der Waals surface area contributed by atoms with E-state index in [1.165, 1.54) is 35.6 Å². The van der Waals surface area contributed by atoms with Gasteiger partial charge in [-0.25, -0.2) is 14.2 Å². The molecular formula is C19H16FNO4S. The molecule has 0 saturated heterocycles. The fourth-order valence-corrected chi connectivity index (χ4v) is 3.09. The van der Waals surface area contributed by atoms with Crippen LogP contribution in [0.5, 0.6) is 11.5 Å². The first-order valence-electron chi connectivity index (χ1n) is 7.70. The minimum absolute atomic E-state index is 0.0417. The third-order valence-electron chi connectivity index (χ3n) is 3.61. The molecule has 0 aliphatic heterocycles. The summed E-state index contributed by atoms with van der Waals surface area (Å²) in [6.07, 6.45) is 0. The third-order valence-corrected chi connectivity index (χ3v) is 4.55. The Hall–Kier alpha value is -2.93. The van der Waals surface area contributed by atoms with Crippen molar-refractivity contribution < 1.29 is 23.4 Å². The largest absolute Gasteiger partial charge is 0.493 e. The number of thiazole rings is 1. The number of aromatic nitrogens is 1. The molecule has 0 amide bonds. The lowest BCUT2D eigenvalue weighted by Gasteiger charge is -2.08. The molecule has 0 N–H and O–H groups in total. The lowest BCUT2D eigenvalue weighted by Crippen LogP contribution is -2.05. The average Bonchev–Trinajstić information content (AvgIpc) is 3.15. The maximum atomic E-state index is 12.9. The Kier molecular flexibility index (Phi) is 5.48. The minimum atomic E-state index is -0.523. The van der Waals surface area contributed by atoms with Gasteiger partial charge in [-0.1, -0.05) is 0 Å². The Morgan fingerprint density at radius 3 is 2.50 bits per heavy atom. The second-order valence-corrected chi connectivity index (χ2v) is 6.15. The van der Waals surface area contributed by atoms with Crippen LogP contribution in [0.1, 0.15) is 16.1 Å². The quantitative estimate of drug-likeness (QED) is 0.602. The van der Waals surface area contributed by atoms with E-state index in [1.54, 1.807) is 14.2 Å². The Labute approximate surface area is 154 Å². The summed E-state index contributed by atoms with van der Waals surface area (Å²) >= 11 is 1.44. The lowest BCUT2D eigenvalue weighted by atomic mass is 10.2. The van der Waals surface area contributed by atoms with Gasteiger partial charge in [-0.05, 0) is 42.5 Å². The predicted octanol–water partition coefficient (Wildman–Crippen LogP) is 4.32. The highest BCUT2D eigenvalue weighted by Crippen LogP contribution is 2.33. The van der Waals surface area contributed by atoms with Crippen molar-refractivity contribution in [2.75, 3.05) is 14.2 Å². The fourth-order valence-electron chi connectivity index (χ4n) is 2.28. The normalized spacial score (nSPS) is 10.4. The molecule has 0 atom stereocenters. The van der Waals surface area contributed by atoms with Crippen molar-refractivity contribution in [3.8, 4) is 22.1 Å². The van der Waals surface area contributed by atoms with Crippen molar-refractivity contribution in [2.45, 2.75) is 6.61 Å². The molecule has 0 aliphatic carbocycles. The second-order valence-electron chi connectivity index (χ2n) is 5.30. The lowest BCUT2D eigenvalue weighted by molar-refractivity contribution is 0.0468. The van der Waals surface area contributed by atoms with Gasteiger partial charge in [0.1, 0.15) is 17.4 Å². The first-order chi connectivity index (χ1) is 12.6.